The highest BCUT2D eigenvalue weighted by atomic mass is 16.2. The first-order chi connectivity index (χ1) is 12.5. The lowest BCUT2D eigenvalue weighted by atomic mass is 9.92. The van der Waals surface area contributed by atoms with E-state index in [2.05, 4.69) is 15.6 Å². The quantitative estimate of drug-likeness (QED) is 0.825. The summed E-state index contributed by atoms with van der Waals surface area (Å²) >= 11 is 0. The molecule has 4 rings (SSSR count). The second kappa shape index (κ2) is 5.94. The van der Waals surface area contributed by atoms with Crippen LogP contribution in [0.1, 0.15) is 23.1 Å². The molecule has 2 heterocycles. The third kappa shape index (κ3) is 2.52. The van der Waals surface area contributed by atoms with Crippen molar-refractivity contribution in [2.75, 3.05) is 11.9 Å². The van der Waals surface area contributed by atoms with Crippen LogP contribution in [0.15, 0.2) is 42.6 Å². The molecule has 26 heavy (non-hydrogen) atoms. The number of hydrogen-bond donors (Lipinski definition) is 2. The average Bonchev–Trinajstić information content (AvgIpc) is 3.09. The molecular weight excluding hydrogens is 332 g/mol. The van der Waals surface area contributed by atoms with Crippen LogP contribution in [-0.4, -0.2) is 34.3 Å². The molecule has 4 amide bonds. The Bertz CT molecular complexity index is 927. The van der Waals surface area contributed by atoms with Crippen molar-refractivity contribution in [3.8, 4) is 0 Å². The van der Waals surface area contributed by atoms with Gasteiger partial charge >= 0.3 is 6.03 Å². The predicted octanol–water partition coefficient (Wildman–Crippen LogP) is 1.72. The molecular formula is C19H18N4O3. The van der Waals surface area contributed by atoms with E-state index < -0.39 is 17.5 Å². The Morgan fingerprint density at radius 1 is 1.31 bits per heavy atom. The van der Waals surface area contributed by atoms with Gasteiger partial charge in [0.05, 0.1) is 0 Å². The highest BCUT2D eigenvalue weighted by molar-refractivity contribution is 6.10. The monoisotopic (exact) mass is 350 g/mol. The summed E-state index contributed by atoms with van der Waals surface area (Å²) < 4.78 is 0. The molecule has 1 saturated heterocycles. The number of carbonyl (C=O) groups is 3. The summed E-state index contributed by atoms with van der Waals surface area (Å²) in [6.45, 7) is 1.54. The largest absolute Gasteiger partial charge is 0.325 e. The van der Waals surface area contributed by atoms with E-state index in [-0.39, 0.29) is 12.5 Å². The van der Waals surface area contributed by atoms with E-state index in [1.165, 1.54) is 0 Å². The third-order valence-electron chi connectivity index (χ3n) is 4.91. The molecule has 1 aliphatic heterocycles. The van der Waals surface area contributed by atoms with Crippen LogP contribution in [0.2, 0.25) is 0 Å². The molecule has 0 saturated carbocycles. The van der Waals surface area contributed by atoms with Crippen molar-refractivity contribution in [1.29, 1.82) is 0 Å². The lowest BCUT2D eigenvalue weighted by Gasteiger charge is -2.22. The van der Waals surface area contributed by atoms with E-state index in [0.29, 0.717) is 12.2 Å². The molecule has 1 spiro atoms. The van der Waals surface area contributed by atoms with Gasteiger partial charge in [0.15, 0.2) is 0 Å². The number of aromatic nitrogens is 1. The fraction of sp³-hybridized carbons (Fsp3) is 0.263. The number of aryl methyl sites for hydroxylation is 2. The van der Waals surface area contributed by atoms with Crippen molar-refractivity contribution in [1.82, 2.24) is 15.2 Å². The van der Waals surface area contributed by atoms with Crippen molar-refractivity contribution in [3.63, 3.8) is 0 Å². The van der Waals surface area contributed by atoms with Gasteiger partial charge in [-0.2, -0.15) is 0 Å². The Morgan fingerprint density at radius 2 is 2.12 bits per heavy atom. The molecule has 7 heteroatoms. The normalized spacial score (nSPS) is 21.0. The van der Waals surface area contributed by atoms with Gasteiger partial charge in [0.2, 0.25) is 5.91 Å². The Hall–Kier alpha value is -3.22. The summed E-state index contributed by atoms with van der Waals surface area (Å²) in [7, 11) is 0. The minimum Gasteiger partial charge on any atom is -0.319 e. The predicted molar refractivity (Wildman–Crippen MR) is 94.3 cm³/mol. The second-order valence-electron chi connectivity index (χ2n) is 6.65. The number of anilines is 1. The lowest BCUT2D eigenvalue weighted by Crippen LogP contribution is -2.43. The number of rotatable bonds is 3. The van der Waals surface area contributed by atoms with Crippen molar-refractivity contribution >= 4 is 23.7 Å². The summed E-state index contributed by atoms with van der Waals surface area (Å²) in [5.41, 5.74) is 1.78. The van der Waals surface area contributed by atoms with Crippen molar-refractivity contribution < 1.29 is 14.4 Å². The number of benzene rings is 1. The standard InChI is InChI=1S/C19H18N4O3/c1-12-7-9-20-15(10-12)21-16(24)11-23-17(25)19(22-18(23)26)8-6-13-4-2-3-5-14(13)19/h2-5,7,9-10H,6,8,11H2,1H3,(H,22,26)(H,20,21,24). The van der Waals surface area contributed by atoms with Crippen LogP contribution < -0.4 is 10.6 Å². The van der Waals surface area contributed by atoms with Gasteiger partial charge < -0.3 is 10.6 Å². The van der Waals surface area contributed by atoms with Crippen LogP contribution in [0, 0.1) is 6.92 Å². The van der Waals surface area contributed by atoms with E-state index in [4.69, 9.17) is 0 Å². The summed E-state index contributed by atoms with van der Waals surface area (Å²) in [5, 5.41) is 5.43. The van der Waals surface area contributed by atoms with E-state index in [0.717, 1.165) is 28.0 Å². The Labute approximate surface area is 150 Å². The minimum atomic E-state index is -1.05. The van der Waals surface area contributed by atoms with Gasteiger partial charge in [0.1, 0.15) is 17.9 Å². The highest BCUT2D eigenvalue weighted by Crippen LogP contribution is 2.41. The average molecular weight is 350 g/mol. The van der Waals surface area contributed by atoms with Crippen LogP contribution in [0.25, 0.3) is 0 Å². The molecule has 1 fully saturated rings. The fourth-order valence-electron chi connectivity index (χ4n) is 3.66. The van der Waals surface area contributed by atoms with Crippen LogP contribution in [0.4, 0.5) is 10.6 Å². The van der Waals surface area contributed by atoms with Crippen molar-refractivity contribution in [2.24, 2.45) is 0 Å². The number of urea groups is 1. The van der Waals surface area contributed by atoms with Crippen LogP contribution >= 0.6 is 0 Å². The highest BCUT2D eigenvalue weighted by Gasteiger charge is 2.55. The maximum absolute atomic E-state index is 13.0. The Morgan fingerprint density at radius 3 is 2.92 bits per heavy atom. The molecule has 7 nitrogen and oxygen atoms in total. The van der Waals surface area contributed by atoms with E-state index in [1.807, 2.05) is 37.3 Å². The molecule has 1 aromatic heterocycles. The molecule has 0 bridgehead atoms. The smallest absolute Gasteiger partial charge is 0.319 e. The van der Waals surface area contributed by atoms with Gasteiger partial charge in [0.25, 0.3) is 5.91 Å². The molecule has 132 valence electrons. The number of pyridine rings is 1. The van der Waals surface area contributed by atoms with E-state index in [1.54, 1.807) is 12.3 Å². The van der Waals surface area contributed by atoms with Gasteiger partial charge in [-0.25, -0.2) is 9.78 Å². The molecule has 1 unspecified atom stereocenters. The molecule has 1 atom stereocenters. The van der Waals surface area contributed by atoms with Gasteiger partial charge in [-0.1, -0.05) is 24.3 Å². The molecule has 1 aliphatic carbocycles. The summed E-state index contributed by atoms with van der Waals surface area (Å²) in [6.07, 6.45) is 2.81. The third-order valence-corrected chi connectivity index (χ3v) is 4.91. The lowest BCUT2D eigenvalue weighted by molar-refractivity contribution is -0.134. The van der Waals surface area contributed by atoms with Gasteiger partial charge in [-0.05, 0) is 48.6 Å². The van der Waals surface area contributed by atoms with Gasteiger partial charge in [-0.15, -0.1) is 0 Å². The topological polar surface area (TPSA) is 91.4 Å². The molecule has 2 aromatic rings. The SMILES string of the molecule is Cc1ccnc(NC(=O)CN2C(=O)NC3(CCc4ccccc43)C2=O)c1. The maximum Gasteiger partial charge on any atom is 0.325 e. The van der Waals surface area contributed by atoms with Gasteiger partial charge in [0, 0.05) is 6.20 Å². The first-order valence-electron chi connectivity index (χ1n) is 8.44. The molecule has 2 N–H and O–H groups in total. The molecule has 0 radical (unpaired) electrons. The van der Waals surface area contributed by atoms with E-state index >= 15 is 0 Å². The van der Waals surface area contributed by atoms with Crippen molar-refractivity contribution in [2.45, 2.75) is 25.3 Å². The zero-order chi connectivity index (χ0) is 18.3. The first kappa shape index (κ1) is 16.3. The number of nitrogens with zero attached hydrogens (tertiary/aromatic N) is 2. The number of amides is 4. The summed E-state index contributed by atoms with van der Waals surface area (Å²) in [5.74, 6) is -0.447. The summed E-state index contributed by atoms with van der Waals surface area (Å²) in [4.78, 5) is 42.7. The maximum atomic E-state index is 13.0. The Kier molecular flexibility index (Phi) is 3.72. The number of imide groups is 1. The van der Waals surface area contributed by atoms with Crippen LogP contribution in [-0.2, 0) is 21.5 Å². The van der Waals surface area contributed by atoms with Crippen LogP contribution in [0.5, 0.6) is 0 Å². The Balaban J connectivity index is 1.53. The van der Waals surface area contributed by atoms with Crippen LogP contribution in [0.3, 0.4) is 0 Å². The number of fused-ring (bicyclic) bond motifs is 2. The molecule has 2 aliphatic rings. The first-order valence-corrected chi connectivity index (χ1v) is 8.44. The second-order valence-corrected chi connectivity index (χ2v) is 6.65. The minimum absolute atomic E-state index is 0.343. The number of carbonyl (C=O) groups excluding carboxylic acids is 3. The summed E-state index contributed by atoms with van der Waals surface area (Å²) in [6, 6.07) is 10.6. The van der Waals surface area contributed by atoms with E-state index in [9.17, 15) is 14.4 Å². The fourth-order valence-corrected chi connectivity index (χ4v) is 3.66. The zero-order valence-electron chi connectivity index (χ0n) is 14.3. The zero-order valence-corrected chi connectivity index (χ0v) is 14.3. The number of nitrogens with one attached hydrogen (secondary N) is 2. The molecule has 1 aromatic carbocycles. The van der Waals surface area contributed by atoms with Gasteiger partial charge in [-0.3, -0.25) is 14.5 Å². The van der Waals surface area contributed by atoms with Crippen molar-refractivity contribution in [3.05, 3.63) is 59.3 Å². The number of hydrogen-bond acceptors (Lipinski definition) is 4.